The average molecular weight is 314 g/mol. The van der Waals surface area contributed by atoms with Crippen LogP contribution in [0.1, 0.15) is 0 Å². The number of benzene rings is 1. The number of nitrogens with zero attached hydrogens (tertiary/aromatic N) is 2. The maximum absolute atomic E-state index is 6.02. The molecule has 0 fully saturated rings. The van der Waals surface area contributed by atoms with Gasteiger partial charge in [0.2, 0.25) is 5.95 Å². The third kappa shape index (κ3) is 3.08. The molecule has 0 bridgehead atoms. The molecule has 2 rings (SSSR count). The molecule has 0 aliphatic rings. The Morgan fingerprint density at radius 2 is 2.18 bits per heavy atom. The predicted molar refractivity (Wildman–Crippen MR) is 74.0 cm³/mol. The van der Waals surface area contributed by atoms with Gasteiger partial charge in [-0.15, -0.1) is 0 Å². The highest BCUT2D eigenvalue weighted by atomic mass is 79.9. The van der Waals surface area contributed by atoms with E-state index < -0.39 is 0 Å². The van der Waals surface area contributed by atoms with Crippen molar-refractivity contribution >= 4 is 45.0 Å². The van der Waals surface area contributed by atoms with Crippen molar-refractivity contribution < 1.29 is 0 Å². The van der Waals surface area contributed by atoms with Gasteiger partial charge < -0.3 is 10.6 Å². The molecular formula is C11H10BrClN4. The summed E-state index contributed by atoms with van der Waals surface area (Å²) in [5, 5.41) is 6.47. The van der Waals surface area contributed by atoms with Crippen LogP contribution < -0.4 is 10.6 Å². The van der Waals surface area contributed by atoms with Crippen molar-refractivity contribution in [3.63, 3.8) is 0 Å². The van der Waals surface area contributed by atoms with Crippen LogP contribution in [-0.4, -0.2) is 17.0 Å². The number of anilines is 3. The number of aromatic nitrogens is 2. The highest BCUT2D eigenvalue weighted by Crippen LogP contribution is 2.25. The fourth-order valence-electron chi connectivity index (χ4n) is 1.28. The Labute approximate surface area is 113 Å². The smallest absolute Gasteiger partial charge is 0.224 e. The predicted octanol–water partition coefficient (Wildman–Crippen LogP) is 3.68. The van der Waals surface area contributed by atoms with Crippen LogP contribution in [0.3, 0.4) is 0 Å². The van der Waals surface area contributed by atoms with Crippen molar-refractivity contribution in [1.82, 2.24) is 9.97 Å². The third-order valence-electron chi connectivity index (χ3n) is 2.06. The second-order valence-electron chi connectivity index (χ2n) is 3.28. The summed E-state index contributed by atoms with van der Waals surface area (Å²) in [4.78, 5) is 8.25. The minimum atomic E-state index is 0.476. The lowest BCUT2D eigenvalue weighted by Crippen LogP contribution is -2.00. The van der Waals surface area contributed by atoms with E-state index in [2.05, 4.69) is 36.5 Å². The Bertz CT molecular complexity index is 533. The van der Waals surface area contributed by atoms with Crippen molar-refractivity contribution in [3.05, 3.63) is 40.0 Å². The number of hydrogen-bond acceptors (Lipinski definition) is 4. The monoisotopic (exact) mass is 312 g/mol. The van der Waals surface area contributed by atoms with Crippen molar-refractivity contribution in [2.45, 2.75) is 0 Å². The second kappa shape index (κ2) is 5.33. The van der Waals surface area contributed by atoms with Crippen LogP contribution in [-0.2, 0) is 0 Å². The molecule has 0 radical (unpaired) electrons. The molecule has 0 amide bonds. The van der Waals surface area contributed by atoms with Crippen LogP contribution in [0.25, 0.3) is 0 Å². The maximum atomic E-state index is 6.02. The van der Waals surface area contributed by atoms with E-state index in [9.17, 15) is 0 Å². The summed E-state index contributed by atoms with van der Waals surface area (Å²) in [6.07, 6.45) is 1.56. The Morgan fingerprint density at radius 3 is 2.88 bits per heavy atom. The van der Waals surface area contributed by atoms with Crippen LogP contribution >= 0.6 is 27.5 Å². The molecule has 0 atom stereocenters. The van der Waals surface area contributed by atoms with E-state index in [1.54, 1.807) is 13.2 Å². The zero-order valence-corrected chi connectivity index (χ0v) is 11.4. The van der Waals surface area contributed by atoms with E-state index in [-0.39, 0.29) is 0 Å². The van der Waals surface area contributed by atoms with Gasteiger partial charge in [-0.2, -0.15) is 4.98 Å². The van der Waals surface area contributed by atoms with Gasteiger partial charge >= 0.3 is 0 Å². The Balaban J connectivity index is 2.29. The van der Waals surface area contributed by atoms with Crippen LogP contribution in [0, 0.1) is 0 Å². The largest absolute Gasteiger partial charge is 0.357 e. The molecule has 0 aliphatic heterocycles. The van der Waals surface area contributed by atoms with Gasteiger partial charge in [-0.25, -0.2) is 4.98 Å². The lowest BCUT2D eigenvalue weighted by molar-refractivity contribution is 1.15. The molecule has 0 saturated heterocycles. The lowest BCUT2D eigenvalue weighted by Gasteiger charge is -2.08. The van der Waals surface area contributed by atoms with Crippen LogP contribution in [0.4, 0.5) is 17.5 Å². The molecule has 0 aliphatic carbocycles. The number of hydrogen-bond donors (Lipinski definition) is 2. The first-order valence-corrected chi connectivity index (χ1v) is 6.09. The lowest BCUT2D eigenvalue weighted by atomic mass is 10.3. The first-order chi connectivity index (χ1) is 8.19. The van der Waals surface area contributed by atoms with Gasteiger partial charge in [0.05, 0.1) is 6.20 Å². The van der Waals surface area contributed by atoms with Crippen LogP contribution in [0.5, 0.6) is 0 Å². The van der Waals surface area contributed by atoms with Gasteiger partial charge in [0, 0.05) is 17.2 Å². The van der Waals surface area contributed by atoms with E-state index in [1.165, 1.54) is 0 Å². The highest BCUT2D eigenvalue weighted by molar-refractivity contribution is 9.10. The second-order valence-corrected chi connectivity index (χ2v) is 4.60. The maximum Gasteiger partial charge on any atom is 0.224 e. The zero-order valence-electron chi connectivity index (χ0n) is 9.04. The molecular weight excluding hydrogens is 304 g/mol. The van der Waals surface area contributed by atoms with E-state index in [0.29, 0.717) is 16.8 Å². The standard InChI is InChI=1S/C11H10BrClN4/c1-14-11-15-6-9(13)10(17-11)16-8-4-2-3-7(12)5-8/h2-6H,1H3,(H2,14,15,16,17). The number of rotatable bonds is 3. The Morgan fingerprint density at radius 1 is 1.35 bits per heavy atom. The van der Waals surface area contributed by atoms with Crippen LogP contribution in [0.2, 0.25) is 5.02 Å². The van der Waals surface area contributed by atoms with Gasteiger partial charge in [-0.05, 0) is 18.2 Å². The molecule has 1 aromatic heterocycles. The van der Waals surface area contributed by atoms with E-state index >= 15 is 0 Å². The molecule has 6 heteroatoms. The summed E-state index contributed by atoms with van der Waals surface area (Å²) in [5.74, 6) is 1.09. The van der Waals surface area contributed by atoms with Gasteiger partial charge in [0.1, 0.15) is 5.02 Å². The minimum absolute atomic E-state index is 0.476. The first-order valence-electron chi connectivity index (χ1n) is 4.92. The summed E-state index contributed by atoms with van der Waals surface area (Å²) in [7, 11) is 1.76. The summed E-state index contributed by atoms with van der Waals surface area (Å²) in [6, 6.07) is 7.76. The minimum Gasteiger partial charge on any atom is -0.357 e. The van der Waals surface area contributed by atoms with Gasteiger partial charge in [-0.3, -0.25) is 0 Å². The van der Waals surface area contributed by atoms with E-state index in [0.717, 1.165) is 10.2 Å². The molecule has 1 heterocycles. The molecule has 17 heavy (non-hydrogen) atoms. The van der Waals surface area contributed by atoms with Gasteiger partial charge in [0.25, 0.3) is 0 Å². The highest BCUT2D eigenvalue weighted by Gasteiger charge is 2.05. The molecule has 4 nitrogen and oxygen atoms in total. The van der Waals surface area contributed by atoms with Gasteiger partial charge in [-0.1, -0.05) is 33.6 Å². The topological polar surface area (TPSA) is 49.8 Å². The molecule has 0 saturated carbocycles. The molecule has 88 valence electrons. The summed E-state index contributed by atoms with van der Waals surface area (Å²) in [5.41, 5.74) is 0.905. The molecule has 0 spiro atoms. The molecule has 2 N–H and O–H groups in total. The van der Waals surface area contributed by atoms with E-state index in [4.69, 9.17) is 11.6 Å². The first kappa shape index (κ1) is 12.1. The Hall–Kier alpha value is -1.33. The van der Waals surface area contributed by atoms with E-state index in [1.807, 2.05) is 24.3 Å². The van der Waals surface area contributed by atoms with Crippen LogP contribution in [0.15, 0.2) is 34.9 Å². The SMILES string of the molecule is CNc1ncc(Cl)c(Nc2cccc(Br)c2)n1. The number of halogens is 2. The normalized spacial score (nSPS) is 10.1. The molecule has 2 aromatic rings. The fraction of sp³-hybridized carbons (Fsp3) is 0.0909. The number of nitrogens with one attached hydrogen (secondary N) is 2. The fourth-order valence-corrected chi connectivity index (χ4v) is 1.82. The summed E-state index contributed by atoms with van der Waals surface area (Å²) >= 11 is 9.42. The Kier molecular flexibility index (Phi) is 3.81. The quantitative estimate of drug-likeness (QED) is 0.907. The average Bonchev–Trinajstić information content (AvgIpc) is 2.32. The van der Waals surface area contributed by atoms with Crippen molar-refractivity contribution in [2.75, 3.05) is 17.7 Å². The summed E-state index contributed by atoms with van der Waals surface area (Å²) < 4.78 is 0.988. The molecule has 1 aromatic carbocycles. The summed E-state index contributed by atoms with van der Waals surface area (Å²) in [6.45, 7) is 0. The van der Waals surface area contributed by atoms with Crippen molar-refractivity contribution in [3.8, 4) is 0 Å². The van der Waals surface area contributed by atoms with Crippen molar-refractivity contribution in [1.29, 1.82) is 0 Å². The van der Waals surface area contributed by atoms with Crippen molar-refractivity contribution in [2.24, 2.45) is 0 Å². The van der Waals surface area contributed by atoms with Gasteiger partial charge in [0.15, 0.2) is 5.82 Å². The zero-order chi connectivity index (χ0) is 12.3. The molecule has 0 unspecified atom stereocenters. The third-order valence-corrected chi connectivity index (χ3v) is 2.82.